The summed E-state index contributed by atoms with van der Waals surface area (Å²) >= 11 is 0. The molecule has 0 amide bonds. The molecule has 0 aliphatic rings. The van der Waals surface area contributed by atoms with Crippen LogP contribution in [0.4, 0.5) is 0 Å². The summed E-state index contributed by atoms with van der Waals surface area (Å²) in [6.45, 7) is 7.07. The minimum atomic E-state index is -1.17. The number of hydrogen-bond donors (Lipinski definition) is 1. The molecule has 0 aliphatic heterocycles. The molecular weight excluding hydrogens is 206 g/mol. The van der Waals surface area contributed by atoms with Crippen LogP contribution in [0.15, 0.2) is 23.3 Å². The van der Waals surface area contributed by atoms with Crippen LogP contribution in [0.2, 0.25) is 0 Å². The molecular formula is C12H17NO3. The van der Waals surface area contributed by atoms with Crippen LogP contribution in [0, 0.1) is 5.41 Å². The van der Waals surface area contributed by atoms with Crippen LogP contribution in [0.5, 0.6) is 0 Å². The van der Waals surface area contributed by atoms with E-state index in [1.54, 1.807) is 10.8 Å². The summed E-state index contributed by atoms with van der Waals surface area (Å²) in [6, 6.07) is 1.30. The summed E-state index contributed by atoms with van der Waals surface area (Å²) in [5.74, 6) is -1.17. The van der Waals surface area contributed by atoms with Crippen molar-refractivity contribution in [1.29, 1.82) is 0 Å². The van der Waals surface area contributed by atoms with Crippen molar-refractivity contribution in [2.24, 2.45) is 5.41 Å². The van der Waals surface area contributed by atoms with Gasteiger partial charge in [-0.2, -0.15) is 0 Å². The van der Waals surface area contributed by atoms with E-state index < -0.39 is 11.4 Å². The molecule has 16 heavy (non-hydrogen) atoms. The quantitative estimate of drug-likeness (QED) is 0.852. The van der Waals surface area contributed by atoms with Gasteiger partial charge in [0.1, 0.15) is 5.56 Å². The Hall–Kier alpha value is -1.58. The van der Waals surface area contributed by atoms with Crippen molar-refractivity contribution in [3.8, 4) is 0 Å². The average Bonchev–Trinajstić information content (AvgIpc) is 2.14. The van der Waals surface area contributed by atoms with Crippen molar-refractivity contribution in [2.75, 3.05) is 0 Å². The van der Waals surface area contributed by atoms with Gasteiger partial charge in [0.05, 0.1) is 0 Å². The van der Waals surface area contributed by atoms with Crippen molar-refractivity contribution < 1.29 is 9.90 Å². The Morgan fingerprint density at radius 3 is 2.56 bits per heavy atom. The summed E-state index contributed by atoms with van der Waals surface area (Å²) in [4.78, 5) is 22.0. The van der Waals surface area contributed by atoms with Crippen LogP contribution in [0.3, 0.4) is 0 Å². The van der Waals surface area contributed by atoms with Gasteiger partial charge in [-0.15, -0.1) is 0 Å². The zero-order valence-corrected chi connectivity index (χ0v) is 9.86. The molecule has 0 aliphatic carbocycles. The van der Waals surface area contributed by atoms with Crippen molar-refractivity contribution in [3.63, 3.8) is 0 Å². The molecule has 0 fully saturated rings. The number of carbonyl (C=O) groups is 1. The third-order valence-electron chi connectivity index (χ3n) is 2.33. The van der Waals surface area contributed by atoms with Gasteiger partial charge in [0.2, 0.25) is 0 Å². The molecule has 1 heterocycles. The normalized spacial score (nSPS) is 11.4. The van der Waals surface area contributed by atoms with E-state index in [0.717, 1.165) is 6.42 Å². The molecule has 1 aromatic rings. The van der Waals surface area contributed by atoms with E-state index in [9.17, 15) is 9.59 Å². The van der Waals surface area contributed by atoms with Gasteiger partial charge in [-0.3, -0.25) is 4.79 Å². The van der Waals surface area contributed by atoms with Gasteiger partial charge >= 0.3 is 5.97 Å². The average molecular weight is 223 g/mol. The zero-order valence-electron chi connectivity index (χ0n) is 9.86. The number of aromatic carboxylic acids is 1. The van der Waals surface area contributed by atoms with Crippen LogP contribution in [0.25, 0.3) is 0 Å². The lowest BCUT2D eigenvalue weighted by atomic mass is 9.92. The molecule has 0 aromatic carbocycles. The van der Waals surface area contributed by atoms with Crippen LogP contribution in [0.1, 0.15) is 37.6 Å². The molecule has 4 nitrogen and oxygen atoms in total. The summed E-state index contributed by atoms with van der Waals surface area (Å²) in [6.07, 6.45) is 3.95. The highest BCUT2D eigenvalue weighted by molar-refractivity contribution is 5.86. The number of carboxylic acids is 1. The van der Waals surface area contributed by atoms with E-state index in [2.05, 4.69) is 20.8 Å². The Kier molecular flexibility index (Phi) is 3.52. The summed E-state index contributed by atoms with van der Waals surface area (Å²) in [5.41, 5.74) is -0.428. The lowest BCUT2D eigenvalue weighted by Crippen LogP contribution is -2.18. The number of rotatable bonds is 3. The smallest absolute Gasteiger partial charge is 0.341 e. The van der Waals surface area contributed by atoms with Crippen molar-refractivity contribution in [3.05, 3.63) is 34.2 Å². The standard InChI is InChI=1S/C12H17NO3/c1-12(2,3)5-7-13-6-4-10(14)9(8-13)11(15)16/h4,6,8H,5,7H2,1-3H3,(H,15,16). The second kappa shape index (κ2) is 4.51. The van der Waals surface area contributed by atoms with E-state index in [1.165, 1.54) is 12.3 Å². The van der Waals surface area contributed by atoms with Crippen molar-refractivity contribution in [1.82, 2.24) is 4.57 Å². The molecule has 0 atom stereocenters. The highest BCUT2D eigenvalue weighted by Crippen LogP contribution is 2.19. The molecule has 0 bridgehead atoms. The number of hydrogen-bond acceptors (Lipinski definition) is 2. The minimum absolute atomic E-state index is 0.170. The Morgan fingerprint density at radius 2 is 2.06 bits per heavy atom. The summed E-state index contributed by atoms with van der Waals surface area (Å²) in [5, 5.41) is 8.80. The molecule has 4 heteroatoms. The van der Waals surface area contributed by atoms with Gasteiger partial charge < -0.3 is 9.67 Å². The minimum Gasteiger partial charge on any atom is -0.477 e. The van der Waals surface area contributed by atoms with Crippen LogP contribution in [-0.2, 0) is 6.54 Å². The molecule has 0 saturated carbocycles. The Labute approximate surface area is 94.5 Å². The number of carboxylic acid groups (broad SMARTS) is 1. The van der Waals surface area contributed by atoms with Gasteiger partial charge in [-0.25, -0.2) is 4.79 Å². The lowest BCUT2D eigenvalue weighted by molar-refractivity contribution is 0.0694. The van der Waals surface area contributed by atoms with E-state index in [-0.39, 0.29) is 11.0 Å². The fourth-order valence-corrected chi connectivity index (χ4v) is 1.29. The molecule has 0 saturated heterocycles. The highest BCUT2D eigenvalue weighted by Gasteiger charge is 2.11. The fraction of sp³-hybridized carbons (Fsp3) is 0.500. The first-order valence-electron chi connectivity index (χ1n) is 5.23. The van der Waals surface area contributed by atoms with Gasteiger partial charge in [0.25, 0.3) is 0 Å². The van der Waals surface area contributed by atoms with Gasteiger partial charge in [-0.1, -0.05) is 20.8 Å². The first kappa shape index (κ1) is 12.5. The second-order valence-electron chi connectivity index (χ2n) is 5.08. The lowest BCUT2D eigenvalue weighted by Gasteiger charge is -2.18. The molecule has 0 spiro atoms. The third-order valence-corrected chi connectivity index (χ3v) is 2.33. The topological polar surface area (TPSA) is 59.3 Å². The van der Waals surface area contributed by atoms with Crippen molar-refractivity contribution in [2.45, 2.75) is 33.7 Å². The Balaban J connectivity index is 2.88. The van der Waals surface area contributed by atoms with E-state index in [1.807, 2.05) is 0 Å². The number of pyridine rings is 1. The van der Waals surface area contributed by atoms with Crippen LogP contribution >= 0.6 is 0 Å². The van der Waals surface area contributed by atoms with E-state index in [0.29, 0.717) is 6.54 Å². The predicted octanol–water partition coefficient (Wildman–Crippen LogP) is 1.98. The number of aryl methyl sites for hydroxylation is 1. The molecule has 0 unspecified atom stereocenters. The Bertz CT molecular complexity index is 440. The molecule has 1 aromatic heterocycles. The second-order valence-corrected chi connectivity index (χ2v) is 5.08. The van der Waals surface area contributed by atoms with E-state index in [4.69, 9.17) is 5.11 Å². The highest BCUT2D eigenvalue weighted by atomic mass is 16.4. The SMILES string of the molecule is CC(C)(C)CCn1ccc(=O)c(C(=O)O)c1. The number of aromatic nitrogens is 1. The van der Waals surface area contributed by atoms with Gasteiger partial charge in [0.15, 0.2) is 5.43 Å². The number of nitrogens with zero attached hydrogens (tertiary/aromatic N) is 1. The van der Waals surface area contributed by atoms with Crippen LogP contribution < -0.4 is 5.43 Å². The van der Waals surface area contributed by atoms with Crippen LogP contribution in [-0.4, -0.2) is 15.6 Å². The van der Waals surface area contributed by atoms with E-state index >= 15 is 0 Å². The van der Waals surface area contributed by atoms with Gasteiger partial charge in [-0.05, 0) is 11.8 Å². The monoisotopic (exact) mass is 223 g/mol. The molecule has 1 rings (SSSR count). The van der Waals surface area contributed by atoms with Crippen molar-refractivity contribution >= 4 is 5.97 Å². The first-order valence-corrected chi connectivity index (χ1v) is 5.23. The zero-order chi connectivity index (χ0) is 12.3. The Morgan fingerprint density at radius 1 is 1.44 bits per heavy atom. The maximum absolute atomic E-state index is 11.2. The maximum atomic E-state index is 11.2. The largest absolute Gasteiger partial charge is 0.477 e. The molecule has 88 valence electrons. The molecule has 0 radical (unpaired) electrons. The molecule has 1 N–H and O–H groups in total. The first-order chi connectivity index (χ1) is 7.29. The fourth-order valence-electron chi connectivity index (χ4n) is 1.29. The third kappa shape index (κ3) is 3.53. The predicted molar refractivity (Wildman–Crippen MR) is 61.7 cm³/mol. The summed E-state index contributed by atoms with van der Waals surface area (Å²) in [7, 11) is 0. The maximum Gasteiger partial charge on any atom is 0.341 e. The summed E-state index contributed by atoms with van der Waals surface area (Å²) < 4.78 is 1.75. The van der Waals surface area contributed by atoms with Gasteiger partial charge in [0, 0.05) is 25.0 Å².